The minimum atomic E-state index is 0.118. The first-order valence-corrected chi connectivity index (χ1v) is 8.79. The van der Waals surface area contributed by atoms with Crippen molar-refractivity contribution in [2.75, 3.05) is 0 Å². The van der Waals surface area contributed by atoms with E-state index in [9.17, 15) is 9.59 Å². The van der Waals surface area contributed by atoms with Gasteiger partial charge < -0.3 is 0 Å². The van der Waals surface area contributed by atoms with Gasteiger partial charge in [0.2, 0.25) is 0 Å². The molecule has 0 unspecified atom stereocenters. The van der Waals surface area contributed by atoms with Crippen molar-refractivity contribution in [1.82, 2.24) is 0 Å². The Bertz CT molecular complexity index is 958. The van der Waals surface area contributed by atoms with Gasteiger partial charge in [-0.05, 0) is 87.2 Å². The van der Waals surface area contributed by atoms with Crippen LogP contribution in [0.5, 0.6) is 0 Å². The highest BCUT2D eigenvalue weighted by Crippen LogP contribution is 2.18. The SMILES string of the molecule is CC(=O)c1cc(C)c(C)c(C)c1.CC(=O)c1ccc2cc(C)ccc2c1. The van der Waals surface area contributed by atoms with Crippen LogP contribution >= 0.6 is 0 Å². The molecule has 26 heavy (non-hydrogen) atoms. The number of carbonyl (C=O) groups is 2. The van der Waals surface area contributed by atoms with Crippen molar-refractivity contribution in [2.24, 2.45) is 0 Å². The first kappa shape index (κ1) is 19.6. The molecular weight excluding hydrogens is 320 g/mol. The van der Waals surface area contributed by atoms with Gasteiger partial charge >= 0.3 is 0 Å². The van der Waals surface area contributed by atoms with Gasteiger partial charge in [-0.15, -0.1) is 0 Å². The molecule has 134 valence electrons. The molecule has 0 aliphatic heterocycles. The molecule has 0 saturated carbocycles. The first-order valence-electron chi connectivity index (χ1n) is 8.79. The van der Waals surface area contributed by atoms with Crippen molar-refractivity contribution in [3.8, 4) is 0 Å². The largest absolute Gasteiger partial charge is 0.295 e. The molecule has 0 aliphatic carbocycles. The van der Waals surface area contributed by atoms with Crippen LogP contribution < -0.4 is 0 Å². The maximum Gasteiger partial charge on any atom is 0.159 e. The van der Waals surface area contributed by atoms with Gasteiger partial charge in [0.15, 0.2) is 11.6 Å². The van der Waals surface area contributed by atoms with E-state index in [0.29, 0.717) is 0 Å². The van der Waals surface area contributed by atoms with Crippen molar-refractivity contribution in [3.05, 3.63) is 81.9 Å². The average molecular weight is 346 g/mol. The van der Waals surface area contributed by atoms with Crippen LogP contribution in [0.2, 0.25) is 0 Å². The number of rotatable bonds is 2. The third-order valence-corrected chi connectivity index (χ3v) is 4.74. The van der Waals surface area contributed by atoms with Gasteiger partial charge in [0.25, 0.3) is 0 Å². The Morgan fingerprint density at radius 1 is 0.615 bits per heavy atom. The van der Waals surface area contributed by atoms with E-state index in [-0.39, 0.29) is 11.6 Å². The normalized spacial score (nSPS) is 10.2. The van der Waals surface area contributed by atoms with E-state index in [1.807, 2.05) is 44.2 Å². The molecule has 3 rings (SSSR count). The van der Waals surface area contributed by atoms with Crippen LogP contribution in [-0.2, 0) is 0 Å². The Labute approximate surface area is 155 Å². The van der Waals surface area contributed by atoms with Crippen molar-refractivity contribution < 1.29 is 9.59 Å². The Kier molecular flexibility index (Phi) is 6.10. The van der Waals surface area contributed by atoms with Crippen LogP contribution in [0.3, 0.4) is 0 Å². The van der Waals surface area contributed by atoms with Crippen LogP contribution in [0.4, 0.5) is 0 Å². The van der Waals surface area contributed by atoms with E-state index in [4.69, 9.17) is 0 Å². The molecule has 0 amide bonds. The zero-order chi connectivity index (χ0) is 19.4. The number of hydrogen-bond donors (Lipinski definition) is 0. The Morgan fingerprint density at radius 2 is 1.12 bits per heavy atom. The minimum absolute atomic E-state index is 0.118. The fourth-order valence-electron chi connectivity index (χ4n) is 2.82. The molecule has 2 heteroatoms. The van der Waals surface area contributed by atoms with E-state index in [1.54, 1.807) is 13.8 Å². The maximum absolute atomic E-state index is 11.2. The molecule has 0 saturated heterocycles. The summed E-state index contributed by atoms with van der Waals surface area (Å²) in [5.74, 6) is 0.258. The highest BCUT2D eigenvalue weighted by atomic mass is 16.1. The molecular formula is C24H26O2. The Balaban J connectivity index is 0.000000190. The first-order chi connectivity index (χ1) is 12.2. The van der Waals surface area contributed by atoms with E-state index in [2.05, 4.69) is 32.0 Å². The zero-order valence-corrected chi connectivity index (χ0v) is 16.4. The molecule has 0 spiro atoms. The lowest BCUT2D eigenvalue weighted by Crippen LogP contribution is -1.96. The standard InChI is InChI=1S/C13H12O.C11H14O/c1-9-3-4-13-8-11(10(2)14)5-6-12(13)7-9;1-7-5-11(10(4)12)6-8(2)9(7)3/h3-8H,1-2H3;5-6H,1-4H3. The molecule has 0 atom stereocenters. The lowest BCUT2D eigenvalue weighted by molar-refractivity contribution is 0.100. The van der Waals surface area contributed by atoms with Gasteiger partial charge in [0.1, 0.15) is 0 Å². The van der Waals surface area contributed by atoms with Crippen molar-refractivity contribution in [3.63, 3.8) is 0 Å². The topological polar surface area (TPSA) is 34.1 Å². The number of Topliss-reactive ketones (excluding diaryl/α,β-unsaturated/α-hetero) is 2. The summed E-state index contributed by atoms with van der Waals surface area (Å²) in [7, 11) is 0. The lowest BCUT2D eigenvalue weighted by Gasteiger charge is -2.06. The number of aryl methyl sites for hydroxylation is 3. The smallest absolute Gasteiger partial charge is 0.159 e. The molecule has 3 aromatic carbocycles. The van der Waals surface area contributed by atoms with Crippen molar-refractivity contribution >= 4 is 22.3 Å². The number of ketones is 2. The fourth-order valence-corrected chi connectivity index (χ4v) is 2.82. The van der Waals surface area contributed by atoms with Crippen LogP contribution in [0, 0.1) is 27.7 Å². The van der Waals surface area contributed by atoms with Gasteiger partial charge in [-0.3, -0.25) is 9.59 Å². The Hall–Kier alpha value is -2.74. The van der Waals surface area contributed by atoms with Gasteiger partial charge in [0.05, 0.1) is 0 Å². The molecule has 0 aromatic heterocycles. The number of carbonyl (C=O) groups excluding carboxylic acids is 2. The summed E-state index contributed by atoms with van der Waals surface area (Å²) in [6.07, 6.45) is 0. The Morgan fingerprint density at radius 3 is 1.65 bits per heavy atom. The maximum atomic E-state index is 11.2. The second kappa shape index (κ2) is 8.09. The monoisotopic (exact) mass is 346 g/mol. The van der Waals surface area contributed by atoms with Gasteiger partial charge in [-0.25, -0.2) is 0 Å². The summed E-state index contributed by atoms with van der Waals surface area (Å²) in [5.41, 5.74) is 6.51. The molecule has 2 nitrogen and oxygen atoms in total. The number of fused-ring (bicyclic) bond motifs is 1. The van der Waals surface area contributed by atoms with E-state index >= 15 is 0 Å². The summed E-state index contributed by atoms with van der Waals surface area (Å²) in [6, 6.07) is 16.0. The highest BCUT2D eigenvalue weighted by Gasteiger charge is 2.03. The quantitative estimate of drug-likeness (QED) is 0.520. The third-order valence-electron chi connectivity index (χ3n) is 4.74. The fraction of sp³-hybridized carbons (Fsp3) is 0.250. The van der Waals surface area contributed by atoms with Crippen LogP contribution in [-0.4, -0.2) is 11.6 Å². The summed E-state index contributed by atoms with van der Waals surface area (Å²) < 4.78 is 0. The predicted octanol–water partition coefficient (Wildman–Crippen LogP) is 6.17. The van der Waals surface area contributed by atoms with Crippen LogP contribution in [0.25, 0.3) is 10.8 Å². The molecule has 0 radical (unpaired) electrons. The second-order valence-corrected chi connectivity index (χ2v) is 6.91. The molecule has 0 aliphatic rings. The molecule has 3 aromatic rings. The van der Waals surface area contributed by atoms with Crippen LogP contribution in [0.1, 0.15) is 56.8 Å². The van der Waals surface area contributed by atoms with Crippen molar-refractivity contribution in [2.45, 2.75) is 41.5 Å². The summed E-state index contributed by atoms with van der Waals surface area (Å²) in [4.78, 5) is 22.2. The number of hydrogen-bond acceptors (Lipinski definition) is 2. The predicted molar refractivity (Wildman–Crippen MR) is 109 cm³/mol. The van der Waals surface area contributed by atoms with Crippen molar-refractivity contribution in [1.29, 1.82) is 0 Å². The molecule has 0 N–H and O–H groups in total. The van der Waals surface area contributed by atoms with E-state index in [0.717, 1.165) is 16.5 Å². The summed E-state index contributed by atoms with van der Waals surface area (Å²) in [6.45, 7) is 11.4. The number of benzene rings is 3. The second-order valence-electron chi connectivity index (χ2n) is 6.91. The summed E-state index contributed by atoms with van der Waals surface area (Å²) in [5, 5.41) is 2.32. The van der Waals surface area contributed by atoms with Gasteiger partial charge in [0, 0.05) is 11.1 Å². The lowest BCUT2D eigenvalue weighted by atomic mass is 9.99. The van der Waals surface area contributed by atoms with Crippen LogP contribution in [0.15, 0.2) is 48.5 Å². The van der Waals surface area contributed by atoms with Gasteiger partial charge in [-0.2, -0.15) is 0 Å². The summed E-state index contributed by atoms with van der Waals surface area (Å²) >= 11 is 0. The highest BCUT2D eigenvalue weighted by molar-refractivity contribution is 5.98. The molecule has 0 fully saturated rings. The third kappa shape index (κ3) is 4.66. The molecule has 0 heterocycles. The minimum Gasteiger partial charge on any atom is -0.295 e. The van der Waals surface area contributed by atoms with E-state index < -0.39 is 0 Å². The average Bonchev–Trinajstić information content (AvgIpc) is 2.59. The zero-order valence-electron chi connectivity index (χ0n) is 16.4. The molecule has 0 bridgehead atoms. The van der Waals surface area contributed by atoms with E-state index in [1.165, 1.54) is 27.6 Å². The van der Waals surface area contributed by atoms with Gasteiger partial charge in [-0.1, -0.05) is 35.9 Å².